The Balaban J connectivity index is 2.08. The average Bonchev–Trinajstić information content (AvgIpc) is 3.23. The van der Waals surface area contributed by atoms with Crippen LogP contribution in [-0.4, -0.2) is 19.0 Å². The van der Waals surface area contributed by atoms with Gasteiger partial charge >= 0.3 is 0 Å². The van der Waals surface area contributed by atoms with E-state index >= 15 is 0 Å². The molecule has 0 radical (unpaired) electrons. The van der Waals surface area contributed by atoms with Gasteiger partial charge in [0.1, 0.15) is 0 Å². The van der Waals surface area contributed by atoms with Crippen LogP contribution in [0.3, 0.4) is 0 Å². The summed E-state index contributed by atoms with van der Waals surface area (Å²) in [5.74, 6) is 5.80. The number of hydrogen-bond donors (Lipinski definition) is 2. The standard InChI is InChI=1S/C18H24N2O/c1-3-8-18(9-10-18)13-20-17(21)16-7-6-14(2)12-15(16)5-4-11-19/h6-7,12H,3,8-11,13,19H2,1-2H3,(H,20,21). The number of amides is 1. The van der Waals surface area contributed by atoms with Gasteiger partial charge in [-0.2, -0.15) is 0 Å². The van der Waals surface area contributed by atoms with Crippen LogP contribution in [0.25, 0.3) is 0 Å². The molecular weight excluding hydrogens is 260 g/mol. The van der Waals surface area contributed by atoms with Gasteiger partial charge in [0, 0.05) is 12.1 Å². The van der Waals surface area contributed by atoms with Gasteiger partial charge in [0.15, 0.2) is 0 Å². The first-order valence-corrected chi connectivity index (χ1v) is 7.68. The van der Waals surface area contributed by atoms with E-state index in [9.17, 15) is 4.79 Å². The number of nitrogens with one attached hydrogen (secondary N) is 1. The van der Waals surface area contributed by atoms with Crippen molar-refractivity contribution < 1.29 is 4.79 Å². The maximum atomic E-state index is 12.4. The number of nitrogens with two attached hydrogens (primary N) is 1. The van der Waals surface area contributed by atoms with Gasteiger partial charge < -0.3 is 11.1 Å². The molecule has 1 amide bonds. The minimum absolute atomic E-state index is 0.0290. The lowest BCUT2D eigenvalue weighted by molar-refractivity contribution is 0.0943. The molecule has 1 aliphatic carbocycles. The zero-order valence-corrected chi connectivity index (χ0v) is 13.0. The predicted octanol–water partition coefficient (Wildman–Crippen LogP) is 2.62. The summed E-state index contributed by atoms with van der Waals surface area (Å²) in [6.45, 7) is 5.27. The molecule has 0 bridgehead atoms. The van der Waals surface area contributed by atoms with E-state index in [2.05, 4.69) is 24.1 Å². The second kappa shape index (κ2) is 6.78. The molecule has 0 aliphatic heterocycles. The highest BCUT2D eigenvalue weighted by Crippen LogP contribution is 2.48. The summed E-state index contributed by atoms with van der Waals surface area (Å²) in [6.07, 6.45) is 4.83. The molecule has 1 aromatic rings. The molecule has 112 valence electrons. The van der Waals surface area contributed by atoms with Gasteiger partial charge in [0.05, 0.1) is 12.1 Å². The first kappa shape index (κ1) is 15.6. The van der Waals surface area contributed by atoms with Crippen molar-refractivity contribution in [2.24, 2.45) is 11.1 Å². The summed E-state index contributed by atoms with van der Waals surface area (Å²) in [5.41, 5.74) is 8.29. The Morgan fingerprint density at radius 3 is 2.81 bits per heavy atom. The van der Waals surface area contributed by atoms with Crippen molar-refractivity contribution in [3.8, 4) is 11.8 Å². The van der Waals surface area contributed by atoms with Crippen LogP contribution in [0.1, 0.15) is 54.1 Å². The van der Waals surface area contributed by atoms with Crippen LogP contribution >= 0.6 is 0 Å². The average molecular weight is 284 g/mol. The van der Waals surface area contributed by atoms with E-state index in [-0.39, 0.29) is 5.91 Å². The van der Waals surface area contributed by atoms with Crippen LogP contribution in [0.2, 0.25) is 0 Å². The van der Waals surface area contributed by atoms with Crippen molar-refractivity contribution in [3.63, 3.8) is 0 Å². The fourth-order valence-corrected chi connectivity index (χ4v) is 2.69. The first-order valence-electron chi connectivity index (χ1n) is 7.68. The molecule has 0 unspecified atom stereocenters. The molecular formula is C18H24N2O. The molecule has 0 spiro atoms. The lowest BCUT2D eigenvalue weighted by Gasteiger charge is -2.15. The molecule has 3 N–H and O–H groups in total. The molecule has 3 nitrogen and oxygen atoms in total. The van der Waals surface area contributed by atoms with Crippen molar-refractivity contribution in [1.29, 1.82) is 0 Å². The summed E-state index contributed by atoms with van der Waals surface area (Å²) in [7, 11) is 0. The minimum Gasteiger partial charge on any atom is -0.351 e. The molecule has 3 heteroatoms. The van der Waals surface area contributed by atoms with E-state index in [1.54, 1.807) is 0 Å². The Hall–Kier alpha value is -1.79. The van der Waals surface area contributed by atoms with Gasteiger partial charge in [-0.25, -0.2) is 0 Å². The fraction of sp³-hybridized carbons (Fsp3) is 0.500. The molecule has 1 fully saturated rings. The smallest absolute Gasteiger partial charge is 0.252 e. The van der Waals surface area contributed by atoms with Crippen LogP contribution in [0, 0.1) is 24.2 Å². The molecule has 1 aliphatic rings. The van der Waals surface area contributed by atoms with E-state index in [0.29, 0.717) is 17.5 Å². The Labute approximate surface area is 127 Å². The van der Waals surface area contributed by atoms with E-state index in [1.165, 1.54) is 25.7 Å². The zero-order chi connectivity index (χ0) is 15.3. The second-order valence-electron chi connectivity index (χ2n) is 5.99. The predicted molar refractivity (Wildman–Crippen MR) is 86.0 cm³/mol. The van der Waals surface area contributed by atoms with E-state index in [0.717, 1.165) is 17.7 Å². The van der Waals surface area contributed by atoms with Crippen LogP contribution < -0.4 is 11.1 Å². The van der Waals surface area contributed by atoms with Gasteiger partial charge in [0.25, 0.3) is 5.91 Å². The quantitative estimate of drug-likeness (QED) is 0.817. The molecule has 1 saturated carbocycles. The van der Waals surface area contributed by atoms with Gasteiger partial charge in [-0.15, -0.1) is 0 Å². The van der Waals surface area contributed by atoms with Crippen molar-refractivity contribution in [2.45, 2.75) is 39.5 Å². The topological polar surface area (TPSA) is 55.1 Å². The van der Waals surface area contributed by atoms with E-state index in [1.807, 2.05) is 25.1 Å². The number of carbonyl (C=O) groups is 1. The lowest BCUT2D eigenvalue weighted by atomic mass is 10.00. The molecule has 21 heavy (non-hydrogen) atoms. The maximum absolute atomic E-state index is 12.4. The number of benzene rings is 1. The van der Waals surface area contributed by atoms with Crippen molar-refractivity contribution in [2.75, 3.05) is 13.1 Å². The van der Waals surface area contributed by atoms with E-state index in [4.69, 9.17) is 5.73 Å². The third kappa shape index (κ3) is 4.09. The van der Waals surface area contributed by atoms with Crippen LogP contribution in [0.15, 0.2) is 18.2 Å². The third-order valence-corrected chi connectivity index (χ3v) is 4.11. The maximum Gasteiger partial charge on any atom is 0.252 e. The Bertz CT molecular complexity index is 577. The number of rotatable bonds is 5. The third-order valence-electron chi connectivity index (χ3n) is 4.11. The van der Waals surface area contributed by atoms with Gasteiger partial charge in [0.2, 0.25) is 0 Å². The highest BCUT2D eigenvalue weighted by Gasteiger charge is 2.41. The summed E-state index contributed by atoms with van der Waals surface area (Å²) in [5, 5.41) is 3.08. The van der Waals surface area contributed by atoms with Crippen LogP contribution in [-0.2, 0) is 0 Å². The Morgan fingerprint density at radius 1 is 1.43 bits per heavy atom. The van der Waals surface area contributed by atoms with Crippen LogP contribution in [0.4, 0.5) is 0 Å². The molecule has 0 atom stereocenters. The number of aryl methyl sites for hydroxylation is 1. The fourth-order valence-electron chi connectivity index (χ4n) is 2.69. The monoisotopic (exact) mass is 284 g/mol. The largest absolute Gasteiger partial charge is 0.351 e. The minimum atomic E-state index is -0.0290. The highest BCUT2D eigenvalue weighted by atomic mass is 16.1. The summed E-state index contributed by atoms with van der Waals surface area (Å²) in [6, 6.07) is 5.74. The van der Waals surface area contributed by atoms with Crippen molar-refractivity contribution in [1.82, 2.24) is 5.32 Å². The second-order valence-corrected chi connectivity index (χ2v) is 5.99. The Morgan fingerprint density at radius 2 is 2.19 bits per heavy atom. The molecule has 0 heterocycles. The first-order chi connectivity index (χ1) is 10.1. The number of hydrogen-bond acceptors (Lipinski definition) is 2. The summed E-state index contributed by atoms with van der Waals surface area (Å²) < 4.78 is 0. The lowest BCUT2D eigenvalue weighted by Crippen LogP contribution is -2.30. The molecule has 0 aromatic heterocycles. The summed E-state index contributed by atoms with van der Waals surface area (Å²) >= 11 is 0. The summed E-state index contributed by atoms with van der Waals surface area (Å²) in [4.78, 5) is 12.4. The SMILES string of the molecule is CCCC1(CNC(=O)c2ccc(C)cc2C#CCN)CC1. The normalized spacial score (nSPS) is 15.0. The molecule has 1 aromatic carbocycles. The van der Waals surface area contributed by atoms with Gasteiger partial charge in [-0.1, -0.05) is 31.3 Å². The van der Waals surface area contributed by atoms with Gasteiger partial charge in [-0.05, 0) is 49.3 Å². The molecule has 0 saturated heterocycles. The number of carbonyl (C=O) groups excluding carboxylic acids is 1. The van der Waals surface area contributed by atoms with Crippen molar-refractivity contribution in [3.05, 3.63) is 34.9 Å². The van der Waals surface area contributed by atoms with Crippen molar-refractivity contribution >= 4 is 5.91 Å². The molecule has 2 rings (SSSR count). The van der Waals surface area contributed by atoms with Gasteiger partial charge in [-0.3, -0.25) is 4.79 Å². The highest BCUT2D eigenvalue weighted by molar-refractivity contribution is 5.96. The van der Waals surface area contributed by atoms with E-state index < -0.39 is 0 Å². The Kier molecular flexibility index (Phi) is 5.03. The zero-order valence-electron chi connectivity index (χ0n) is 13.0. The van der Waals surface area contributed by atoms with Crippen LogP contribution in [0.5, 0.6) is 0 Å².